The summed E-state index contributed by atoms with van der Waals surface area (Å²) in [7, 11) is 3.49. The molecule has 2 nitrogen and oxygen atoms in total. The molecule has 0 fully saturated rings. The molecule has 0 atom stereocenters. The normalized spacial score (nSPS) is 15.3. The molecule has 2 rings (SSSR count). The molecular weight excluding hydrogens is 284 g/mol. The smallest absolute Gasteiger partial charge is 0.126 e. The minimum atomic E-state index is -0.127. The summed E-state index contributed by atoms with van der Waals surface area (Å²) in [6.45, 7) is 13.3. The van der Waals surface area contributed by atoms with Gasteiger partial charge in [-0.15, -0.1) is 0 Å². The molecule has 0 saturated heterocycles. The van der Waals surface area contributed by atoms with Crippen LogP contribution in [-0.2, 0) is 10.8 Å². The van der Waals surface area contributed by atoms with E-state index in [1.165, 1.54) is 22.3 Å². The third-order valence-electron chi connectivity index (χ3n) is 4.75. The van der Waals surface area contributed by atoms with Crippen LogP contribution in [0.5, 0.6) is 11.5 Å². The molecule has 0 heterocycles. The Kier molecular flexibility index (Phi) is 4.66. The van der Waals surface area contributed by atoms with Crippen molar-refractivity contribution in [3.8, 4) is 11.5 Å². The average Bonchev–Trinajstić information content (AvgIpc) is 2.92. The number of rotatable bonds is 4. The molecule has 0 bridgehead atoms. The van der Waals surface area contributed by atoms with Crippen molar-refractivity contribution in [2.75, 3.05) is 14.2 Å². The van der Waals surface area contributed by atoms with Crippen molar-refractivity contribution in [2.45, 2.75) is 58.8 Å². The summed E-state index contributed by atoms with van der Waals surface area (Å²) in [6, 6.07) is 4.22. The first kappa shape index (κ1) is 17.7. The van der Waals surface area contributed by atoms with Gasteiger partial charge in [-0.2, -0.15) is 0 Å². The van der Waals surface area contributed by atoms with E-state index in [0.29, 0.717) is 0 Å². The van der Waals surface area contributed by atoms with E-state index in [1.54, 1.807) is 14.2 Å². The Hall–Kier alpha value is -1.70. The van der Waals surface area contributed by atoms with Crippen LogP contribution in [0.4, 0.5) is 0 Å². The molecule has 0 radical (unpaired) electrons. The van der Waals surface area contributed by atoms with E-state index in [0.717, 1.165) is 17.9 Å². The predicted molar refractivity (Wildman–Crippen MR) is 97.7 cm³/mol. The first-order valence-electron chi connectivity index (χ1n) is 8.26. The van der Waals surface area contributed by atoms with Crippen LogP contribution in [0, 0.1) is 0 Å². The Morgan fingerprint density at radius 2 is 1.52 bits per heavy atom. The van der Waals surface area contributed by atoms with E-state index in [9.17, 15) is 0 Å². The van der Waals surface area contributed by atoms with Crippen LogP contribution in [-0.4, -0.2) is 14.2 Å². The molecule has 1 aliphatic carbocycles. The van der Waals surface area contributed by atoms with Crippen molar-refractivity contribution in [2.24, 2.45) is 0 Å². The first-order valence-corrected chi connectivity index (χ1v) is 8.26. The highest BCUT2D eigenvalue weighted by Gasteiger charge is 2.33. The largest absolute Gasteiger partial charge is 0.497 e. The molecule has 23 heavy (non-hydrogen) atoms. The Labute approximate surface area is 141 Å². The Balaban J connectivity index is 2.70. The Bertz CT molecular complexity index is 655. The molecule has 2 heteroatoms. The number of benzene rings is 1. The highest BCUT2D eigenvalue weighted by Crippen LogP contribution is 2.46. The van der Waals surface area contributed by atoms with Crippen LogP contribution in [0.3, 0.4) is 0 Å². The average molecular weight is 314 g/mol. The second-order valence-electron chi connectivity index (χ2n) is 7.99. The van der Waals surface area contributed by atoms with Crippen molar-refractivity contribution in [3.63, 3.8) is 0 Å². The van der Waals surface area contributed by atoms with Crippen LogP contribution in [0.15, 0.2) is 35.4 Å². The second-order valence-corrected chi connectivity index (χ2v) is 7.99. The third kappa shape index (κ3) is 3.31. The fourth-order valence-corrected chi connectivity index (χ4v) is 3.21. The van der Waals surface area contributed by atoms with Gasteiger partial charge in [-0.05, 0) is 36.5 Å². The van der Waals surface area contributed by atoms with E-state index >= 15 is 0 Å². The zero-order chi connectivity index (χ0) is 17.4. The Morgan fingerprint density at radius 1 is 0.913 bits per heavy atom. The fourth-order valence-electron chi connectivity index (χ4n) is 3.21. The molecule has 0 saturated carbocycles. The lowest BCUT2D eigenvalue weighted by Crippen LogP contribution is -2.23. The van der Waals surface area contributed by atoms with Crippen molar-refractivity contribution < 1.29 is 9.47 Å². The van der Waals surface area contributed by atoms with Gasteiger partial charge in [0.15, 0.2) is 0 Å². The highest BCUT2D eigenvalue weighted by molar-refractivity contribution is 5.57. The van der Waals surface area contributed by atoms with Gasteiger partial charge < -0.3 is 9.47 Å². The predicted octanol–water partition coefficient (Wildman–Crippen LogP) is 5.56. The van der Waals surface area contributed by atoms with Gasteiger partial charge in [0.25, 0.3) is 0 Å². The minimum Gasteiger partial charge on any atom is -0.497 e. The molecule has 1 aliphatic rings. The van der Waals surface area contributed by atoms with E-state index in [2.05, 4.69) is 65.8 Å². The van der Waals surface area contributed by atoms with Gasteiger partial charge in [0.1, 0.15) is 11.5 Å². The summed E-state index contributed by atoms with van der Waals surface area (Å²) in [4.78, 5) is 0. The highest BCUT2D eigenvalue weighted by atomic mass is 16.5. The minimum absolute atomic E-state index is 0.0134. The molecule has 0 aliphatic heterocycles. The molecule has 0 amide bonds. The molecular formula is C21H30O2. The molecule has 0 unspecified atom stereocenters. The van der Waals surface area contributed by atoms with Crippen molar-refractivity contribution in [1.29, 1.82) is 0 Å². The lowest BCUT2D eigenvalue weighted by Gasteiger charge is -2.32. The SMILES string of the molecule is COc1cc(C(C)(C)C)c(OC)c(C(C)(C)C2=CCC(C)=C2)c1. The van der Waals surface area contributed by atoms with Gasteiger partial charge >= 0.3 is 0 Å². The third-order valence-corrected chi connectivity index (χ3v) is 4.75. The summed E-state index contributed by atoms with van der Waals surface area (Å²) < 4.78 is 11.5. The van der Waals surface area contributed by atoms with Crippen LogP contribution in [0.1, 0.15) is 59.1 Å². The molecule has 126 valence electrons. The van der Waals surface area contributed by atoms with E-state index < -0.39 is 0 Å². The van der Waals surface area contributed by atoms with Crippen LogP contribution >= 0.6 is 0 Å². The second kappa shape index (κ2) is 6.07. The molecule has 0 aromatic heterocycles. The zero-order valence-electron chi connectivity index (χ0n) is 15.8. The van der Waals surface area contributed by atoms with Gasteiger partial charge in [-0.3, -0.25) is 0 Å². The van der Waals surface area contributed by atoms with Gasteiger partial charge in [0.05, 0.1) is 14.2 Å². The van der Waals surface area contributed by atoms with E-state index in [1.807, 2.05) is 0 Å². The van der Waals surface area contributed by atoms with Crippen molar-refractivity contribution in [1.82, 2.24) is 0 Å². The first-order chi connectivity index (χ1) is 10.6. The molecule has 0 N–H and O–H groups in total. The molecule has 1 aromatic rings. The number of methoxy groups -OCH3 is 2. The number of allylic oxidation sites excluding steroid dienone is 4. The Morgan fingerprint density at radius 3 is 1.96 bits per heavy atom. The van der Waals surface area contributed by atoms with Crippen LogP contribution in [0.2, 0.25) is 0 Å². The zero-order valence-corrected chi connectivity index (χ0v) is 15.8. The van der Waals surface area contributed by atoms with E-state index in [4.69, 9.17) is 9.47 Å². The maximum atomic E-state index is 5.87. The lowest BCUT2D eigenvalue weighted by molar-refractivity contribution is 0.375. The standard InChI is InChI=1S/C21H30O2/c1-14-9-10-15(11-14)21(5,6)18-13-16(22-7)12-17(19(18)23-8)20(2,3)4/h10-13H,9H2,1-8H3. The van der Waals surface area contributed by atoms with Gasteiger partial charge in [-0.1, -0.05) is 52.3 Å². The fraction of sp³-hybridized carbons (Fsp3) is 0.524. The summed E-state index contributed by atoms with van der Waals surface area (Å²) in [5, 5.41) is 0. The van der Waals surface area contributed by atoms with Crippen LogP contribution < -0.4 is 9.47 Å². The monoisotopic (exact) mass is 314 g/mol. The molecule has 0 spiro atoms. The van der Waals surface area contributed by atoms with Gasteiger partial charge in [0.2, 0.25) is 0 Å². The quantitative estimate of drug-likeness (QED) is 0.725. The van der Waals surface area contributed by atoms with Gasteiger partial charge in [0, 0.05) is 16.5 Å². The number of hydrogen-bond donors (Lipinski definition) is 0. The lowest BCUT2D eigenvalue weighted by atomic mass is 9.74. The molecule has 1 aromatic carbocycles. The maximum absolute atomic E-state index is 5.87. The van der Waals surface area contributed by atoms with Gasteiger partial charge in [-0.25, -0.2) is 0 Å². The summed E-state index contributed by atoms with van der Waals surface area (Å²) in [6.07, 6.45) is 5.66. The van der Waals surface area contributed by atoms with Crippen LogP contribution in [0.25, 0.3) is 0 Å². The summed E-state index contributed by atoms with van der Waals surface area (Å²) >= 11 is 0. The maximum Gasteiger partial charge on any atom is 0.126 e. The number of hydrogen-bond acceptors (Lipinski definition) is 2. The van der Waals surface area contributed by atoms with Crippen molar-refractivity contribution in [3.05, 3.63) is 46.6 Å². The summed E-state index contributed by atoms with van der Waals surface area (Å²) in [5.41, 5.74) is 4.98. The number of ether oxygens (including phenoxy) is 2. The van der Waals surface area contributed by atoms with Crippen molar-refractivity contribution >= 4 is 0 Å². The topological polar surface area (TPSA) is 18.5 Å². The van der Waals surface area contributed by atoms with E-state index in [-0.39, 0.29) is 10.8 Å². The summed E-state index contributed by atoms with van der Waals surface area (Å²) in [5.74, 6) is 1.86.